The van der Waals surface area contributed by atoms with E-state index in [4.69, 9.17) is 4.98 Å². The van der Waals surface area contributed by atoms with Crippen molar-refractivity contribution in [1.82, 2.24) is 14.1 Å². The summed E-state index contributed by atoms with van der Waals surface area (Å²) in [6, 6.07) is 67.8. The van der Waals surface area contributed by atoms with Crippen LogP contribution in [0.3, 0.4) is 0 Å². The summed E-state index contributed by atoms with van der Waals surface area (Å²) in [6.07, 6.45) is 0. The Morgan fingerprint density at radius 1 is 0.346 bits per heavy atom. The number of hydrogen-bond acceptors (Lipinski definition) is 1. The number of para-hydroxylation sites is 2. The van der Waals surface area contributed by atoms with Gasteiger partial charge in [-0.15, -0.1) is 0 Å². The van der Waals surface area contributed by atoms with E-state index in [2.05, 4.69) is 197 Å². The highest BCUT2D eigenvalue weighted by Crippen LogP contribution is 2.41. The van der Waals surface area contributed by atoms with Gasteiger partial charge in [0, 0.05) is 38.5 Å². The average molecular weight is 662 g/mol. The van der Waals surface area contributed by atoms with E-state index in [1.54, 1.807) is 0 Å². The van der Waals surface area contributed by atoms with Gasteiger partial charge in [0.25, 0.3) is 0 Å². The number of benzene rings is 9. The number of nitrogens with zero attached hydrogens (tertiary/aromatic N) is 3. The molecule has 11 rings (SSSR count). The Bertz CT molecular complexity index is 3180. The number of hydrogen-bond donors (Lipinski definition) is 0. The highest BCUT2D eigenvalue weighted by atomic mass is 15.1. The molecule has 2 heterocycles. The van der Waals surface area contributed by atoms with E-state index in [1.807, 2.05) is 0 Å². The van der Waals surface area contributed by atoms with Crippen molar-refractivity contribution in [3.05, 3.63) is 188 Å². The van der Waals surface area contributed by atoms with Gasteiger partial charge in [-0.05, 0) is 75.1 Å². The lowest BCUT2D eigenvalue weighted by molar-refractivity contribution is 1.11. The summed E-state index contributed by atoms with van der Waals surface area (Å²) in [5.41, 5.74) is 10.2. The SMILES string of the molecule is c1ccc(-n2c3ccccc3c3cc(-c4cccc(-n5c(-c6cccc7ccccc67)nc6c7ccccc7c7ccccc7c65)c4)ccc32)cc1. The minimum atomic E-state index is 0.937. The van der Waals surface area contributed by atoms with Gasteiger partial charge in [-0.2, -0.15) is 0 Å². The van der Waals surface area contributed by atoms with Gasteiger partial charge in [-0.1, -0.05) is 146 Å². The maximum atomic E-state index is 5.56. The van der Waals surface area contributed by atoms with Gasteiger partial charge in [0.1, 0.15) is 5.82 Å². The lowest BCUT2D eigenvalue weighted by Gasteiger charge is -2.15. The Morgan fingerprint density at radius 3 is 1.79 bits per heavy atom. The van der Waals surface area contributed by atoms with Crippen LogP contribution in [0.2, 0.25) is 0 Å². The summed E-state index contributed by atoms with van der Waals surface area (Å²) in [6.45, 7) is 0. The third kappa shape index (κ3) is 4.23. The molecular formula is C49H31N3. The fourth-order valence-electron chi connectivity index (χ4n) is 8.39. The molecule has 0 fully saturated rings. The third-order valence-corrected chi connectivity index (χ3v) is 10.7. The fourth-order valence-corrected chi connectivity index (χ4v) is 8.39. The van der Waals surface area contributed by atoms with Gasteiger partial charge < -0.3 is 4.57 Å². The van der Waals surface area contributed by atoms with E-state index in [1.165, 1.54) is 54.3 Å². The van der Waals surface area contributed by atoms with Gasteiger partial charge in [0.05, 0.1) is 22.1 Å². The first-order chi connectivity index (χ1) is 25.8. The van der Waals surface area contributed by atoms with Crippen molar-refractivity contribution in [2.45, 2.75) is 0 Å². The van der Waals surface area contributed by atoms with Crippen molar-refractivity contribution in [2.75, 3.05) is 0 Å². The van der Waals surface area contributed by atoms with Crippen molar-refractivity contribution in [3.8, 4) is 33.9 Å². The maximum absolute atomic E-state index is 5.56. The van der Waals surface area contributed by atoms with Crippen molar-refractivity contribution in [2.24, 2.45) is 0 Å². The van der Waals surface area contributed by atoms with Crippen molar-refractivity contribution < 1.29 is 0 Å². The van der Waals surface area contributed by atoms with Crippen LogP contribution in [-0.4, -0.2) is 14.1 Å². The largest absolute Gasteiger partial charge is 0.309 e. The molecule has 9 aromatic carbocycles. The summed E-state index contributed by atoms with van der Waals surface area (Å²) in [5, 5.41) is 9.67. The number of imidazole rings is 1. The molecule has 11 aromatic rings. The van der Waals surface area contributed by atoms with Crippen LogP contribution in [-0.2, 0) is 0 Å². The molecule has 0 radical (unpaired) electrons. The van der Waals surface area contributed by atoms with Crippen LogP contribution in [0.4, 0.5) is 0 Å². The molecule has 0 aliphatic rings. The minimum Gasteiger partial charge on any atom is -0.309 e. The third-order valence-electron chi connectivity index (χ3n) is 10.7. The van der Waals surface area contributed by atoms with Crippen LogP contribution < -0.4 is 0 Å². The minimum absolute atomic E-state index is 0.937. The molecule has 0 saturated carbocycles. The van der Waals surface area contributed by atoms with E-state index in [-0.39, 0.29) is 0 Å². The normalized spacial score (nSPS) is 11.8. The van der Waals surface area contributed by atoms with Crippen LogP contribution in [0.15, 0.2) is 188 Å². The zero-order valence-corrected chi connectivity index (χ0v) is 28.2. The standard InChI is InChI=1S/C49H31N3/c1-2-17-35(18-3-1)51-45-27-11-10-23-40(45)44-31-34(28-29-46(44)51)33-16-12-19-36(30-33)52-48-42-25-9-7-22-39(42)38-21-6-8-24-41(38)47(48)50-49(52)43-26-13-15-32-14-4-5-20-37(32)43/h1-31H. The second-order valence-electron chi connectivity index (χ2n) is 13.6. The zero-order valence-electron chi connectivity index (χ0n) is 28.2. The molecule has 0 saturated heterocycles. The summed E-state index contributed by atoms with van der Waals surface area (Å²) in [7, 11) is 0. The van der Waals surface area contributed by atoms with Crippen LogP contribution in [0.25, 0.3) is 99.0 Å². The number of fused-ring (bicyclic) bond motifs is 10. The summed E-state index contributed by atoms with van der Waals surface area (Å²) < 4.78 is 4.77. The Labute approximate surface area is 300 Å². The molecule has 0 atom stereocenters. The van der Waals surface area contributed by atoms with E-state index in [9.17, 15) is 0 Å². The first-order valence-electron chi connectivity index (χ1n) is 17.8. The lowest BCUT2D eigenvalue weighted by atomic mass is 9.99. The Kier molecular flexibility index (Phi) is 6.25. The smallest absolute Gasteiger partial charge is 0.146 e. The Balaban J connectivity index is 1.19. The lowest BCUT2D eigenvalue weighted by Crippen LogP contribution is -1.99. The van der Waals surface area contributed by atoms with Gasteiger partial charge >= 0.3 is 0 Å². The molecule has 2 aromatic heterocycles. The number of aromatic nitrogens is 3. The molecule has 0 spiro atoms. The highest BCUT2D eigenvalue weighted by molar-refractivity contribution is 6.24. The summed E-state index contributed by atoms with van der Waals surface area (Å²) >= 11 is 0. The molecule has 0 aliphatic heterocycles. The van der Waals surface area contributed by atoms with Gasteiger partial charge in [0.2, 0.25) is 0 Å². The summed E-state index contributed by atoms with van der Waals surface area (Å²) in [5.74, 6) is 0.937. The van der Waals surface area contributed by atoms with Crippen LogP contribution in [0.5, 0.6) is 0 Å². The van der Waals surface area contributed by atoms with E-state index < -0.39 is 0 Å². The van der Waals surface area contributed by atoms with Gasteiger partial charge in [0.15, 0.2) is 0 Å². The van der Waals surface area contributed by atoms with Crippen LogP contribution in [0, 0.1) is 0 Å². The predicted octanol–water partition coefficient (Wildman–Crippen LogP) is 12.9. The first kappa shape index (κ1) is 28.8. The maximum Gasteiger partial charge on any atom is 0.146 e. The molecular weight excluding hydrogens is 631 g/mol. The van der Waals surface area contributed by atoms with Crippen molar-refractivity contribution in [1.29, 1.82) is 0 Å². The number of rotatable bonds is 4. The first-order valence-corrected chi connectivity index (χ1v) is 17.8. The highest BCUT2D eigenvalue weighted by Gasteiger charge is 2.22. The molecule has 242 valence electrons. The van der Waals surface area contributed by atoms with Crippen LogP contribution >= 0.6 is 0 Å². The Hall–Kier alpha value is -6.97. The topological polar surface area (TPSA) is 22.8 Å². The molecule has 0 bridgehead atoms. The van der Waals surface area contributed by atoms with E-state index >= 15 is 0 Å². The fraction of sp³-hybridized carbons (Fsp3) is 0. The second kappa shape index (κ2) is 11.3. The molecule has 52 heavy (non-hydrogen) atoms. The van der Waals surface area contributed by atoms with Gasteiger partial charge in [-0.3, -0.25) is 4.57 Å². The average Bonchev–Trinajstić information content (AvgIpc) is 3.78. The molecule has 3 heteroatoms. The molecule has 3 nitrogen and oxygen atoms in total. The van der Waals surface area contributed by atoms with Crippen LogP contribution in [0.1, 0.15) is 0 Å². The van der Waals surface area contributed by atoms with Gasteiger partial charge in [-0.25, -0.2) is 4.98 Å². The molecule has 0 unspecified atom stereocenters. The molecule has 0 N–H and O–H groups in total. The second-order valence-corrected chi connectivity index (χ2v) is 13.6. The Morgan fingerprint density at radius 2 is 0.942 bits per heavy atom. The molecule has 0 aliphatic carbocycles. The predicted molar refractivity (Wildman–Crippen MR) is 219 cm³/mol. The van der Waals surface area contributed by atoms with E-state index in [0.29, 0.717) is 0 Å². The monoisotopic (exact) mass is 661 g/mol. The van der Waals surface area contributed by atoms with E-state index in [0.717, 1.165) is 44.7 Å². The van der Waals surface area contributed by atoms with Crippen molar-refractivity contribution in [3.63, 3.8) is 0 Å². The summed E-state index contributed by atoms with van der Waals surface area (Å²) in [4.78, 5) is 5.56. The quantitative estimate of drug-likeness (QED) is 0.172. The molecule has 0 amide bonds. The van der Waals surface area contributed by atoms with Crippen molar-refractivity contribution >= 4 is 65.2 Å². The zero-order chi connectivity index (χ0) is 34.2.